The van der Waals surface area contributed by atoms with Gasteiger partial charge < -0.3 is 16.4 Å². The van der Waals surface area contributed by atoms with Crippen molar-refractivity contribution in [1.29, 1.82) is 0 Å². The predicted molar refractivity (Wildman–Crippen MR) is 80.0 cm³/mol. The van der Waals surface area contributed by atoms with Gasteiger partial charge in [0, 0.05) is 6.04 Å². The smallest absolute Gasteiger partial charge is 0.239 e. The highest BCUT2D eigenvalue weighted by atomic mass is 16.2. The number of hydrogen-bond acceptors (Lipinski definition) is 3. The van der Waals surface area contributed by atoms with Crippen molar-refractivity contribution in [2.75, 3.05) is 6.54 Å². The standard InChI is InChI=1S/C15H29N3O2/c1-10(2)13(16)14(20)17-9-12(19)18-11-7-5-6-8-15(11,3)4/h10-11,13H,5-9,16H2,1-4H3,(H,17,20)(H,18,19)/t11?,13-/m0/s1. The number of hydrogen-bond donors (Lipinski definition) is 3. The molecule has 1 rings (SSSR count). The van der Waals surface area contributed by atoms with Crippen LogP contribution >= 0.6 is 0 Å². The summed E-state index contributed by atoms with van der Waals surface area (Å²) in [5, 5.41) is 5.64. The van der Waals surface area contributed by atoms with Crippen LogP contribution in [-0.4, -0.2) is 30.4 Å². The summed E-state index contributed by atoms with van der Waals surface area (Å²) >= 11 is 0. The Labute approximate surface area is 122 Å². The van der Waals surface area contributed by atoms with E-state index in [2.05, 4.69) is 24.5 Å². The fourth-order valence-corrected chi connectivity index (χ4v) is 2.59. The van der Waals surface area contributed by atoms with E-state index in [1.807, 2.05) is 13.8 Å². The molecule has 116 valence electrons. The summed E-state index contributed by atoms with van der Waals surface area (Å²) in [6.07, 6.45) is 4.51. The average Bonchev–Trinajstić information content (AvgIpc) is 2.37. The van der Waals surface area contributed by atoms with Gasteiger partial charge in [-0.3, -0.25) is 9.59 Å². The van der Waals surface area contributed by atoms with Gasteiger partial charge in [0.2, 0.25) is 11.8 Å². The minimum absolute atomic E-state index is 0.00579. The van der Waals surface area contributed by atoms with Crippen LogP contribution in [0.5, 0.6) is 0 Å². The van der Waals surface area contributed by atoms with Crippen LogP contribution in [0.4, 0.5) is 0 Å². The molecule has 1 saturated carbocycles. The van der Waals surface area contributed by atoms with Gasteiger partial charge in [0.1, 0.15) is 0 Å². The van der Waals surface area contributed by atoms with Gasteiger partial charge >= 0.3 is 0 Å². The second-order valence-electron chi connectivity index (χ2n) is 6.84. The summed E-state index contributed by atoms with van der Waals surface area (Å²) in [4.78, 5) is 23.6. The lowest BCUT2D eigenvalue weighted by Gasteiger charge is -2.39. The summed E-state index contributed by atoms with van der Waals surface area (Å²) in [7, 11) is 0. The first-order valence-corrected chi connectivity index (χ1v) is 7.56. The molecule has 4 N–H and O–H groups in total. The lowest BCUT2D eigenvalue weighted by Crippen LogP contribution is -2.51. The van der Waals surface area contributed by atoms with Gasteiger partial charge in [-0.1, -0.05) is 40.5 Å². The molecule has 5 nitrogen and oxygen atoms in total. The molecule has 0 radical (unpaired) electrons. The van der Waals surface area contributed by atoms with E-state index in [9.17, 15) is 9.59 Å². The molecule has 2 amide bonds. The second kappa shape index (κ2) is 7.07. The van der Waals surface area contributed by atoms with Gasteiger partial charge in [-0.25, -0.2) is 0 Å². The number of nitrogens with two attached hydrogens (primary N) is 1. The molecule has 0 aliphatic heterocycles. The highest BCUT2D eigenvalue weighted by molar-refractivity contribution is 5.87. The molecular weight excluding hydrogens is 254 g/mol. The Kier molecular flexibility index (Phi) is 5.99. The van der Waals surface area contributed by atoms with Gasteiger partial charge in [0.25, 0.3) is 0 Å². The third-order valence-electron chi connectivity index (χ3n) is 4.29. The van der Waals surface area contributed by atoms with Crippen LogP contribution in [0, 0.1) is 11.3 Å². The molecule has 1 aliphatic carbocycles. The van der Waals surface area contributed by atoms with E-state index in [1.54, 1.807) is 0 Å². The van der Waals surface area contributed by atoms with Crippen LogP contribution in [0.25, 0.3) is 0 Å². The molecule has 20 heavy (non-hydrogen) atoms. The summed E-state index contributed by atoms with van der Waals surface area (Å²) in [5.41, 5.74) is 5.86. The SMILES string of the molecule is CC(C)[C@H](N)C(=O)NCC(=O)NC1CCCCC1(C)C. The van der Waals surface area contributed by atoms with Gasteiger partial charge in [-0.15, -0.1) is 0 Å². The first-order valence-electron chi connectivity index (χ1n) is 7.56. The Bertz CT molecular complexity index is 353. The topological polar surface area (TPSA) is 84.2 Å². The molecular formula is C15H29N3O2. The molecule has 1 aliphatic rings. The number of rotatable bonds is 5. The predicted octanol–water partition coefficient (Wildman–Crippen LogP) is 1.17. The number of amides is 2. The molecule has 2 atom stereocenters. The molecule has 0 bridgehead atoms. The zero-order chi connectivity index (χ0) is 15.3. The maximum Gasteiger partial charge on any atom is 0.239 e. The molecule has 0 heterocycles. The monoisotopic (exact) mass is 283 g/mol. The van der Waals surface area contributed by atoms with Gasteiger partial charge in [0.15, 0.2) is 0 Å². The lowest BCUT2D eigenvalue weighted by molar-refractivity contribution is -0.128. The summed E-state index contributed by atoms with van der Waals surface area (Å²) < 4.78 is 0. The van der Waals surface area contributed by atoms with Crippen molar-refractivity contribution in [3.8, 4) is 0 Å². The fourth-order valence-electron chi connectivity index (χ4n) is 2.59. The van der Waals surface area contributed by atoms with Crippen LogP contribution < -0.4 is 16.4 Å². The van der Waals surface area contributed by atoms with Crippen molar-refractivity contribution in [2.45, 2.75) is 65.5 Å². The third-order valence-corrected chi connectivity index (χ3v) is 4.29. The van der Waals surface area contributed by atoms with Crippen LogP contribution in [0.3, 0.4) is 0 Å². The van der Waals surface area contributed by atoms with Crippen molar-refractivity contribution in [3.63, 3.8) is 0 Å². The second-order valence-corrected chi connectivity index (χ2v) is 6.84. The maximum absolute atomic E-state index is 11.9. The van der Waals surface area contributed by atoms with Crippen molar-refractivity contribution >= 4 is 11.8 Å². The number of carbonyl (C=O) groups excluding carboxylic acids is 2. The van der Waals surface area contributed by atoms with E-state index in [4.69, 9.17) is 5.73 Å². The van der Waals surface area contributed by atoms with Crippen LogP contribution in [0.2, 0.25) is 0 Å². The molecule has 5 heteroatoms. The van der Waals surface area contributed by atoms with E-state index in [-0.39, 0.29) is 35.7 Å². The van der Waals surface area contributed by atoms with Gasteiger partial charge in [0.05, 0.1) is 12.6 Å². The molecule has 0 aromatic rings. The molecule has 1 fully saturated rings. The Morgan fingerprint density at radius 2 is 1.95 bits per heavy atom. The minimum atomic E-state index is -0.561. The number of nitrogens with one attached hydrogen (secondary N) is 2. The zero-order valence-electron chi connectivity index (χ0n) is 13.2. The minimum Gasteiger partial charge on any atom is -0.351 e. The van der Waals surface area contributed by atoms with Crippen LogP contribution in [-0.2, 0) is 9.59 Å². The van der Waals surface area contributed by atoms with E-state index in [0.717, 1.165) is 19.3 Å². The zero-order valence-corrected chi connectivity index (χ0v) is 13.2. The third kappa shape index (κ3) is 4.78. The number of carbonyl (C=O) groups is 2. The Balaban J connectivity index is 2.38. The van der Waals surface area contributed by atoms with Gasteiger partial charge in [-0.2, -0.15) is 0 Å². The molecule has 0 spiro atoms. The van der Waals surface area contributed by atoms with E-state index >= 15 is 0 Å². The van der Waals surface area contributed by atoms with E-state index < -0.39 is 6.04 Å². The van der Waals surface area contributed by atoms with Crippen molar-refractivity contribution < 1.29 is 9.59 Å². The molecule has 0 saturated heterocycles. The summed E-state index contributed by atoms with van der Waals surface area (Å²) in [6.45, 7) is 8.14. The first kappa shape index (κ1) is 17.0. The molecule has 0 aromatic heterocycles. The van der Waals surface area contributed by atoms with Crippen LogP contribution in [0.1, 0.15) is 53.4 Å². The van der Waals surface area contributed by atoms with Crippen molar-refractivity contribution in [1.82, 2.24) is 10.6 Å². The van der Waals surface area contributed by atoms with Gasteiger partial charge in [-0.05, 0) is 24.2 Å². The van der Waals surface area contributed by atoms with E-state index in [1.165, 1.54) is 6.42 Å². The molecule has 0 aromatic carbocycles. The Morgan fingerprint density at radius 1 is 1.30 bits per heavy atom. The van der Waals surface area contributed by atoms with Crippen molar-refractivity contribution in [3.05, 3.63) is 0 Å². The highest BCUT2D eigenvalue weighted by Gasteiger charge is 2.33. The van der Waals surface area contributed by atoms with E-state index in [0.29, 0.717) is 0 Å². The average molecular weight is 283 g/mol. The fraction of sp³-hybridized carbons (Fsp3) is 0.867. The van der Waals surface area contributed by atoms with Crippen LogP contribution in [0.15, 0.2) is 0 Å². The normalized spacial score (nSPS) is 23.2. The lowest BCUT2D eigenvalue weighted by atomic mass is 9.73. The van der Waals surface area contributed by atoms with Crippen molar-refractivity contribution in [2.24, 2.45) is 17.1 Å². The summed E-state index contributed by atoms with van der Waals surface area (Å²) in [6, 6.07) is -0.367. The maximum atomic E-state index is 11.9. The first-order chi connectivity index (χ1) is 9.24. The largest absolute Gasteiger partial charge is 0.351 e. The molecule has 1 unspecified atom stereocenters. The highest BCUT2D eigenvalue weighted by Crippen LogP contribution is 2.35. The Morgan fingerprint density at radius 3 is 2.50 bits per heavy atom. The Hall–Kier alpha value is -1.10. The quantitative estimate of drug-likeness (QED) is 0.708. The summed E-state index contributed by atoms with van der Waals surface area (Å²) in [5.74, 6) is -0.331.